The van der Waals surface area contributed by atoms with E-state index in [1.54, 1.807) is 16.9 Å². The number of nitrogens with zero attached hydrogens (tertiary/aromatic N) is 3. The molecule has 0 radical (unpaired) electrons. The highest BCUT2D eigenvalue weighted by atomic mass is 35.5. The van der Waals surface area contributed by atoms with E-state index in [4.69, 9.17) is 11.6 Å². The number of fused-ring (bicyclic) bond motifs is 1. The van der Waals surface area contributed by atoms with Crippen molar-refractivity contribution in [3.05, 3.63) is 29.2 Å². The molecule has 98 valence electrons. The molecule has 0 saturated heterocycles. The Labute approximate surface area is 110 Å². The molecule has 0 atom stereocenters. The molecule has 2 rings (SSSR count). The lowest BCUT2D eigenvalue weighted by Crippen LogP contribution is -2.05. The molecule has 0 aliphatic carbocycles. The second kappa shape index (κ2) is 5.21. The Bertz CT molecular complexity index is 653. The zero-order chi connectivity index (χ0) is 13.2. The Morgan fingerprint density at radius 3 is 3.00 bits per heavy atom. The molecule has 2 heterocycles. The van der Waals surface area contributed by atoms with Gasteiger partial charge in [-0.2, -0.15) is 8.42 Å². The summed E-state index contributed by atoms with van der Waals surface area (Å²) < 4.78 is 27.9. The van der Waals surface area contributed by atoms with Crippen LogP contribution in [0.2, 0.25) is 5.02 Å². The van der Waals surface area contributed by atoms with Gasteiger partial charge in [0.25, 0.3) is 10.1 Å². The van der Waals surface area contributed by atoms with Crippen LogP contribution in [0, 0.1) is 0 Å². The van der Waals surface area contributed by atoms with E-state index in [9.17, 15) is 8.42 Å². The summed E-state index contributed by atoms with van der Waals surface area (Å²) in [7, 11) is -3.37. The highest BCUT2D eigenvalue weighted by Gasteiger charge is 2.06. The van der Waals surface area contributed by atoms with Crippen molar-refractivity contribution in [2.45, 2.75) is 12.8 Å². The summed E-state index contributed by atoms with van der Waals surface area (Å²) in [4.78, 5) is 0. The van der Waals surface area contributed by atoms with E-state index >= 15 is 0 Å². The van der Waals surface area contributed by atoms with Crippen molar-refractivity contribution in [2.24, 2.45) is 0 Å². The van der Waals surface area contributed by atoms with Crippen molar-refractivity contribution in [1.29, 1.82) is 0 Å². The van der Waals surface area contributed by atoms with Gasteiger partial charge < -0.3 is 0 Å². The highest BCUT2D eigenvalue weighted by Crippen LogP contribution is 2.18. The molecule has 0 aliphatic rings. The molecule has 2 aromatic rings. The van der Waals surface area contributed by atoms with Crippen molar-refractivity contribution in [3.8, 4) is 0 Å². The number of aromatic nitrogens is 3. The molecular formula is C10H12ClN3O3S. The van der Waals surface area contributed by atoms with Crippen molar-refractivity contribution in [3.63, 3.8) is 0 Å². The number of hydrogen-bond acceptors (Lipinski definition) is 5. The smallest absolute Gasteiger partial charge is 0.264 e. The Hall–Kier alpha value is -1.18. The lowest BCUT2D eigenvalue weighted by Gasteiger charge is -2.05. The van der Waals surface area contributed by atoms with Gasteiger partial charge in [-0.05, 0) is 24.5 Å². The van der Waals surface area contributed by atoms with Gasteiger partial charge in [0.05, 0.1) is 17.9 Å². The SMILES string of the molecule is CS(=O)(=O)OCCCc1cc2nncn2cc1Cl. The van der Waals surface area contributed by atoms with Crippen molar-refractivity contribution in [1.82, 2.24) is 14.6 Å². The van der Waals surface area contributed by atoms with Gasteiger partial charge in [-0.25, -0.2) is 0 Å². The molecule has 0 bridgehead atoms. The van der Waals surface area contributed by atoms with Gasteiger partial charge in [-0.1, -0.05) is 11.6 Å². The quantitative estimate of drug-likeness (QED) is 0.612. The van der Waals surface area contributed by atoms with Crippen LogP contribution < -0.4 is 0 Å². The van der Waals surface area contributed by atoms with Crippen molar-refractivity contribution in [2.75, 3.05) is 12.9 Å². The third-order valence-corrected chi connectivity index (χ3v) is 3.29. The van der Waals surface area contributed by atoms with Gasteiger partial charge in [-0.15, -0.1) is 10.2 Å². The average Bonchev–Trinajstić information content (AvgIpc) is 2.70. The Morgan fingerprint density at radius 2 is 2.28 bits per heavy atom. The second-order valence-corrected chi connectivity index (χ2v) is 5.92. The first-order chi connectivity index (χ1) is 8.46. The minimum Gasteiger partial charge on any atom is -0.288 e. The van der Waals surface area contributed by atoms with Crippen LogP contribution in [-0.4, -0.2) is 35.9 Å². The van der Waals surface area contributed by atoms with Crippen LogP contribution in [0.3, 0.4) is 0 Å². The van der Waals surface area contributed by atoms with Crippen LogP contribution >= 0.6 is 11.6 Å². The zero-order valence-electron chi connectivity index (χ0n) is 9.71. The number of hydrogen-bond donors (Lipinski definition) is 0. The van der Waals surface area contributed by atoms with Gasteiger partial charge in [0.1, 0.15) is 6.33 Å². The number of halogens is 1. The van der Waals surface area contributed by atoms with Gasteiger partial charge in [0.2, 0.25) is 0 Å². The highest BCUT2D eigenvalue weighted by molar-refractivity contribution is 7.85. The molecule has 2 aromatic heterocycles. The fourth-order valence-corrected chi connectivity index (χ4v) is 2.22. The van der Waals surface area contributed by atoms with Gasteiger partial charge >= 0.3 is 0 Å². The van der Waals surface area contributed by atoms with E-state index in [1.807, 2.05) is 6.07 Å². The summed E-state index contributed by atoms with van der Waals surface area (Å²) in [6.07, 6.45) is 5.51. The Balaban J connectivity index is 2.01. The minimum absolute atomic E-state index is 0.146. The number of aryl methyl sites for hydroxylation is 1. The molecule has 0 fully saturated rings. The zero-order valence-corrected chi connectivity index (χ0v) is 11.3. The summed E-state index contributed by atoms with van der Waals surface area (Å²) in [5.74, 6) is 0. The summed E-state index contributed by atoms with van der Waals surface area (Å²) in [5.41, 5.74) is 1.60. The van der Waals surface area contributed by atoms with Crippen molar-refractivity contribution < 1.29 is 12.6 Å². The fourth-order valence-electron chi connectivity index (χ4n) is 1.55. The van der Waals surface area contributed by atoms with Crippen molar-refractivity contribution >= 4 is 27.4 Å². The van der Waals surface area contributed by atoms with Gasteiger partial charge in [0, 0.05) is 6.20 Å². The predicted molar refractivity (Wildman–Crippen MR) is 67.1 cm³/mol. The Kier molecular flexibility index (Phi) is 3.84. The summed E-state index contributed by atoms with van der Waals surface area (Å²) >= 11 is 6.09. The maximum atomic E-state index is 10.8. The molecule has 0 amide bonds. The summed E-state index contributed by atoms with van der Waals surface area (Å²) in [6, 6.07) is 1.83. The van der Waals surface area contributed by atoms with E-state index in [-0.39, 0.29) is 6.61 Å². The maximum absolute atomic E-state index is 10.8. The second-order valence-electron chi connectivity index (χ2n) is 3.87. The molecule has 6 nitrogen and oxygen atoms in total. The summed E-state index contributed by atoms with van der Waals surface area (Å²) in [5, 5.41) is 8.28. The van der Waals surface area contributed by atoms with Crippen LogP contribution in [0.25, 0.3) is 5.65 Å². The van der Waals surface area contributed by atoms with E-state index in [1.165, 1.54) is 0 Å². The molecule has 0 spiro atoms. The first kappa shape index (κ1) is 13.3. The molecule has 0 unspecified atom stereocenters. The van der Waals surface area contributed by atoms with Gasteiger partial charge in [-0.3, -0.25) is 8.58 Å². The van der Waals surface area contributed by atoms with E-state index < -0.39 is 10.1 Å². The normalized spacial score (nSPS) is 12.1. The van der Waals surface area contributed by atoms with Crippen LogP contribution in [0.5, 0.6) is 0 Å². The minimum atomic E-state index is -3.37. The topological polar surface area (TPSA) is 73.6 Å². The molecule has 0 N–H and O–H groups in total. The first-order valence-electron chi connectivity index (χ1n) is 5.28. The maximum Gasteiger partial charge on any atom is 0.264 e. The van der Waals surface area contributed by atoms with E-state index in [0.29, 0.717) is 23.5 Å². The first-order valence-corrected chi connectivity index (χ1v) is 7.47. The van der Waals surface area contributed by atoms with Gasteiger partial charge in [0.15, 0.2) is 5.65 Å². The molecule has 0 aliphatic heterocycles. The molecule has 0 aromatic carbocycles. The molecular weight excluding hydrogens is 278 g/mol. The van der Waals surface area contributed by atoms with Crippen LogP contribution in [0.4, 0.5) is 0 Å². The fraction of sp³-hybridized carbons (Fsp3) is 0.400. The lowest BCUT2D eigenvalue weighted by atomic mass is 10.1. The Morgan fingerprint density at radius 1 is 1.50 bits per heavy atom. The molecule has 0 saturated carbocycles. The van der Waals surface area contributed by atoms with E-state index in [2.05, 4.69) is 14.4 Å². The standard InChI is InChI=1S/C10H12ClN3O3S/c1-18(15,16)17-4-2-3-8-5-10-13-12-7-14(10)6-9(8)11/h5-7H,2-4H2,1H3. The third-order valence-electron chi connectivity index (χ3n) is 2.35. The van der Waals surface area contributed by atoms with Crippen LogP contribution in [-0.2, 0) is 20.7 Å². The summed E-state index contributed by atoms with van der Waals surface area (Å²) in [6.45, 7) is 0.146. The van der Waals surface area contributed by atoms with E-state index in [0.717, 1.165) is 11.8 Å². The van der Waals surface area contributed by atoms with Crippen LogP contribution in [0.15, 0.2) is 18.6 Å². The number of rotatable bonds is 5. The third kappa shape index (κ3) is 3.41. The molecule has 18 heavy (non-hydrogen) atoms. The lowest BCUT2D eigenvalue weighted by molar-refractivity contribution is 0.316. The molecule has 8 heteroatoms. The predicted octanol–water partition coefficient (Wildman–Crippen LogP) is 1.29. The number of pyridine rings is 1. The van der Waals surface area contributed by atoms with Crippen LogP contribution in [0.1, 0.15) is 12.0 Å². The average molecular weight is 290 g/mol. The monoisotopic (exact) mass is 289 g/mol. The largest absolute Gasteiger partial charge is 0.288 e.